The van der Waals surface area contributed by atoms with Gasteiger partial charge in [0.1, 0.15) is 5.82 Å². The zero-order valence-electron chi connectivity index (χ0n) is 11.7. The number of carbonyl (C=O) groups excluding carboxylic acids is 1. The van der Waals surface area contributed by atoms with Crippen molar-refractivity contribution in [3.63, 3.8) is 0 Å². The molecule has 0 spiro atoms. The minimum atomic E-state index is -0.471. The van der Waals surface area contributed by atoms with E-state index < -0.39 is 5.82 Å². The second-order valence-corrected chi connectivity index (χ2v) is 4.97. The van der Waals surface area contributed by atoms with Crippen LogP contribution in [0.4, 0.5) is 15.8 Å². The summed E-state index contributed by atoms with van der Waals surface area (Å²) >= 11 is 0. The molecule has 0 atom stereocenters. The molecular weight excluding hydrogens is 245 g/mol. The van der Waals surface area contributed by atoms with E-state index in [2.05, 4.69) is 24.1 Å². The Morgan fingerprint density at radius 1 is 1.47 bits per heavy atom. The second kappa shape index (κ2) is 7.09. The highest BCUT2D eigenvalue weighted by atomic mass is 19.1. The smallest absolute Gasteiger partial charge is 0.224 e. The minimum absolute atomic E-state index is 0.141. The van der Waals surface area contributed by atoms with Gasteiger partial charge in [-0.1, -0.05) is 0 Å². The third kappa shape index (κ3) is 5.26. The number of benzene rings is 1. The van der Waals surface area contributed by atoms with Crippen molar-refractivity contribution >= 4 is 17.3 Å². The molecule has 0 radical (unpaired) electrons. The second-order valence-electron chi connectivity index (χ2n) is 4.97. The molecule has 3 N–H and O–H groups in total. The maximum Gasteiger partial charge on any atom is 0.224 e. The summed E-state index contributed by atoms with van der Waals surface area (Å²) in [7, 11) is 2.01. The molecule has 1 aromatic carbocycles. The van der Waals surface area contributed by atoms with Crippen LogP contribution in [-0.2, 0) is 4.79 Å². The van der Waals surface area contributed by atoms with E-state index in [9.17, 15) is 9.18 Å². The van der Waals surface area contributed by atoms with Crippen LogP contribution in [-0.4, -0.2) is 30.4 Å². The fourth-order valence-corrected chi connectivity index (χ4v) is 1.60. The Hall–Kier alpha value is -1.62. The van der Waals surface area contributed by atoms with Gasteiger partial charge in [-0.05, 0) is 52.1 Å². The van der Waals surface area contributed by atoms with Crippen LogP contribution >= 0.6 is 0 Å². The quantitative estimate of drug-likeness (QED) is 0.778. The number of amides is 1. The van der Waals surface area contributed by atoms with Crippen LogP contribution in [0.5, 0.6) is 0 Å². The first kappa shape index (κ1) is 15.4. The van der Waals surface area contributed by atoms with E-state index in [0.717, 1.165) is 13.0 Å². The van der Waals surface area contributed by atoms with Gasteiger partial charge in [-0.15, -0.1) is 0 Å². The van der Waals surface area contributed by atoms with Crippen molar-refractivity contribution in [3.05, 3.63) is 24.0 Å². The number of rotatable bonds is 6. The van der Waals surface area contributed by atoms with Crippen LogP contribution < -0.4 is 11.1 Å². The maximum atomic E-state index is 13.4. The van der Waals surface area contributed by atoms with Crippen LogP contribution in [0.15, 0.2) is 18.2 Å². The number of hydrogen-bond donors (Lipinski definition) is 2. The van der Waals surface area contributed by atoms with E-state index in [1.54, 1.807) is 0 Å². The molecule has 0 fully saturated rings. The Kier molecular flexibility index (Phi) is 5.76. The van der Waals surface area contributed by atoms with E-state index in [-0.39, 0.29) is 11.6 Å². The van der Waals surface area contributed by atoms with E-state index in [1.807, 2.05) is 7.05 Å². The molecule has 0 aliphatic rings. The van der Waals surface area contributed by atoms with Crippen LogP contribution in [0.2, 0.25) is 0 Å². The third-order valence-corrected chi connectivity index (χ3v) is 3.06. The summed E-state index contributed by atoms with van der Waals surface area (Å²) in [6, 6.07) is 4.59. The van der Waals surface area contributed by atoms with Crippen LogP contribution in [0.25, 0.3) is 0 Å². The highest BCUT2D eigenvalue weighted by Crippen LogP contribution is 2.17. The Labute approximate surface area is 113 Å². The highest BCUT2D eigenvalue weighted by molar-refractivity contribution is 5.91. The molecule has 4 nitrogen and oxygen atoms in total. The van der Waals surface area contributed by atoms with Gasteiger partial charge in [0, 0.05) is 18.2 Å². The Balaban J connectivity index is 2.41. The zero-order valence-corrected chi connectivity index (χ0v) is 11.7. The zero-order chi connectivity index (χ0) is 14.4. The van der Waals surface area contributed by atoms with Gasteiger partial charge in [-0.25, -0.2) is 4.39 Å². The number of carbonyl (C=O) groups is 1. The molecule has 0 aliphatic carbocycles. The lowest BCUT2D eigenvalue weighted by Gasteiger charge is -2.20. The first-order valence-corrected chi connectivity index (χ1v) is 6.45. The molecule has 0 aromatic heterocycles. The molecule has 0 bridgehead atoms. The highest BCUT2D eigenvalue weighted by Gasteiger charge is 2.08. The van der Waals surface area contributed by atoms with Crippen molar-refractivity contribution < 1.29 is 9.18 Å². The lowest BCUT2D eigenvalue weighted by Crippen LogP contribution is -2.28. The van der Waals surface area contributed by atoms with Crippen molar-refractivity contribution in [2.45, 2.75) is 32.7 Å². The van der Waals surface area contributed by atoms with Gasteiger partial charge in [0.05, 0.1) is 5.69 Å². The summed E-state index contributed by atoms with van der Waals surface area (Å²) in [6.07, 6.45) is 1.11. The average molecular weight is 267 g/mol. The molecule has 0 heterocycles. The summed E-state index contributed by atoms with van der Waals surface area (Å²) in [6.45, 7) is 5.04. The van der Waals surface area contributed by atoms with Gasteiger partial charge in [-0.2, -0.15) is 0 Å². The molecule has 0 saturated carbocycles. The summed E-state index contributed by atoms with van der Waals surface area (Å²) in [5, 5.41) is 2.54. The third-order valence-electron chi connectivity index (χ3n) is 3.06. The summed E-state index contributed by atoms with van der Waals surface area (Å²) in [5.74, 6) is -0.663. The topological polar surface area (TPSA) is 58.4 Å². The van der Waals surface area contributed by atoms with E-state index >= 15 is 0 Å². The standard InChI is InChI=1S/C14H22FN3O/c1-10(2)18(3)8-4-5-14(19)17-13-9-11(16)6-7-12(13)15/h6-7,9-10H,4-5,8,16H2,1-3H3,(H,17,19). The number of nitrogens with one attached hydrogen (secondary N) is 1. The molecule has 1 aromatic rings. The van der Waals surface area contributed by atoms with Crippen molar-refractivity contribution in [1.82, 2.24) is 4.90 Å². The number of nitrogen functional groups attached to an aromatic ring is 1. The number of hydrogen-bond acceptors (Lipinski definition) is 3. The molecule has 106 valence electrons. The Morgan fingerprint density at radius 3 is 2.79 bits per heavy atom. The van der Waals surface area contributed by atoms with Gasteiger partial charge in [0.25, 0.3) is 0 Å². The van der Waals surface area contributed by atoms with Gasteiger partial charge in [0.2, 0.25) is 5.91 Å². The predicted octanol–water partition coefficient (Wildman–Crippen LogP) is 2.47. The van der Waals surface area contributed by atoms with Crippen molar-refractivity contribution in [2.24, 2.45) is 0 Å². The lowest BCUT2D eigenvalue weighted by molar-refractivity contribution is -0.116. The van der Waals surface area contributed by atoms with Gasteiger partial charge in [0.15, 0.2) is 0 Å². The van der Waals surface area contributed by atoms with Crippen molar-refractivity contribution in [3.8, 4) is 0 Å². The summed E-state index contributed by atoms with van der Waals surface area (Å²) < 4.78 is 13.4. The number of nitrogens with zero attached hydrogens (tertiary/aromatic N) is 1. The van der Waals surface area contributed by atoms with E-state index in [4.69, 9.17) is 5.73 Å². The monoisotopic (exact) mass is 267 g/mol. The number of nitrogens with two attached hydrogens (primary N) is 1. The van der Waals surface area contributed by atoms with E-state index in [1.165, 1.54) is 18.2 Å². The predicted molar refractivity (Wildman–Crippen MR) is 76.4 cm³/mol. The molecule has 1 rings (SSSR count). The first-order valence-electron chi connectivity index (χ1n) is 6.45. The largest absolute Gasteiger partial charge is 0.399 e. The molecular formula is C14H22FN3O. The van der Waals surface area contributed by atoms with Crippen LogP contribution in [0.3, 0.4) is 0 Å². The SMILES string of the molecule is CC(C)N(C)CCCC(=O)Nc1cc(N)ccc1F. The summed E-state index contributed by atoms with van der Waals surface area (Å²) in [4.78, 5) is 13.9. The summed E-state index contributed by atoms with van der Waals surface area (Å²) in [5.41, 5.74) is 6.12. The molecule has 1 amide bonds. The molecule has 0 aliphatic heterocycles. The van der Waals surface area contributed by atoms with E-state index in [0.29, 0.717) is 18.2 Å². The molecule has 5 heteroatoms. The average Bonchev–Trinajstić information content (AvgIpc) is 2.33. The lowest BCUT2D eigenvalue weighted by atomic mass is 10.2. The fraction of sp³-hybridized carbons (Fsp3) is 0.500. The maximum absolute atomic E-state index is 13.4. The first-order chi connectivity index (χ1) is 8.90. The fourth-order valence-electron chi connectivity index (χ4n) is 1.60. The molecule has 0 saturated heterocycles. The normalized spacial score (nSPS) is 11.1. The van der Waals surface area contributed by atoms with Gasteiger partial charge < -0.3 is 16.0 Å². The van der Waals surface area contributed by atoms with Crippen LogP contribution in [0, 0.1) is 5.82 Å². The molecule has 19 heavy (non-hydrogen) atoms. The number of anilines is 2. The van der Waals surface area contributed by atoms with Crippen molar-refractivity contribution in [2.75, 3.05) is 24.6 Å². The van der Waals surface area contributed by atoms with Gasteiger partial charge in [-0.3, -0.25) is 4.79 Å². The minimum Gasteiger partial charge on any atom is -0.399 e. The van der Waals surface area contributed by atoms with Gasteiger partial charge >= 0.3 is 0 Å². The Morgan fingerprint density at radius 2 is 2.16 bits per heavy atom. The Bertz CT molecular complexity index is 435. The van der Waals surface area contributed by atoms with Crippen LogP contribution in [0.1, 0.15) is 26.7 Å². The number of halogens is 1. The molecule has 0 unspecified atom stereocenters. The van der Waals surface area contributed by atoms with Crippen molar-refractivity contribution in [1.29, 1.82) is 0 Å².